The Balaban J connectivity index is 1.30. The van der Waals surface area contributed by atoms with Gasteiger partial charge in [0.25, 0.3) is 0 Å². The van der Waals surface area contributed by atoms with Crippen LogP contribution in [-0.2, 0) is 0 Å². The minimum atomic E-state index is -0.680. The van der Waals surface area contributed by atoms with E-state index in [9.17, 15) is 18.7 Å². The minimum Gasteiger partial charge on any atom is -0.506 e. The summed E-state index contributed by atoms with van der Waals surface area (Å²) in [5.74, 6) is -0.445. The molecule has 2 aliphatic rings. The van der Waals surface area contributed by atoms with E-state index < -0.39 is 11.6 Å². The van der Waals surface area contributed by atoms with E-state index in [1.807, 2.05) is 0 Å². The van der Waals surface area contributed by atoms with Crippen LogP contribution in [0.15, 0.2) is 36.5 Å². The number of hydrogen-bond donors (Lipinski definition) is 1. The van der Waals surface area contributed by atoms with E-state index in [0.717, 1.165) is 32.0 Å². The molecule has 1 saturated heterocycles. The van der Waals surface area contributed by atoms with Crippen molar-refractivity contribution in [3.05, 3.63) is 53.9 Å². The summed E-state index contributed by atoms with van der Waals surface area (Å²) in [6.07, 6.45) is 2.77. The van der Waals surface area contributed by atoms with Crippen molar-refractivity contribution in [1.82, 2.24) is 9.88 Å². The van der Waals surface area contributed by atoms with Gasteiger partial charge < -0.3 is 9.84 Å². The fourth-order valence-corrected chi connectivity index (χ4v) is 4.15. The third kappa shape index (κ3) is 3.93. The molecule has 2 heterocycles. The number of benzene rings is 1. The quantitative estimate of drug-likeness (QED) is 0.815. The lowest BCUT2D eigenvalue weighted by Crippen LogP contribution is -2.30. The van der Waals surface area contributed by atoms with Crippen LogP contribution in [0.2, 0.25) is 0 Å². The first-order valence-electron chi connectivity index (χ1n) is 9.00. The zero-order valence-electron chi connectivity index (χ0n) is 14.6. The number of hydrogen-bond acceptors (Lipinski definition) is 5. The van der Waals surface area contributed by atoms with Gasteiger partial charge in [-0.05, 0) is 48.9 Å². The van der Waals surface area contributed by atoms with Crippen LogP contribution < -0.4 is 4.74 Å². The number of nitrogens with zero attached hydrogens (tertiary/aromatic N) is 2. The summed E-state index contributed by atoms with van der Waals surface area (Å²) in [4.78, 5) is 18.4. The highest BCUT2D eigenvalue weighted by atomic mass is 19.1. The van der Waals surface area contributed by atoms with Gasteiger partial charge in [0.1, 0.15) is 17.3 Å². The van der Waals surface area contributed by atoms with Crippen molar-refractivity contribution >= 4 is 5.78 Å². The van der Waals surface area contributed by atoms with E-state index in [0.29, 0.717) is 24.1 Å². The summed E-state index contributed by atoms with van der Waals surface area (Å²) in [6.45, 7) is 1.88. The van der Waals surface area contributed by atoms with E-state index in [-0.39, 0.29) is 23.4 Å². The van der Waals surface area contributed by atoms with Crippen LogP contribution in [0.4, 0.5) is 8.78 Å². The maximum absolute atomic E-state index is 13.8. The molecule has 2 fully saturated rings. The summed E-state index contributed by atoms with van der Waals surface area (Å²) in [7, 11) is 0. The number of carbonyl (C=O) groups excluding carboxylic acids is 1. The van der Waals surface area contributed by atoms with Crippen LogP contribution in [0.3, 0.4) is 0 Å². The number of rotatable bonds is 5. The SMILES string of the molecule is O=C(CN1C[C@H]2C[C@H](Oc3ccc(F)cc3F)C[C@H]2C1)c1ccc(O)cn1. The highest BCUT2D eigenvalue weighted by Gasteiger charge is 2.42. The Bertz CT molecular complexity index is 830. The summed E-state index contributed by atoms with van der Waals surface area (Å²) in [5.41, 5.74) is 0.345. The Morgan fingerprint density at radius 2 is 1.93 bits per heavy atom. The van der Waals surface area contributed by atoms with Crippen molar-refractivity contribution in [3.63, 3.8) is 0 Å². The molecule has 0 radical (unpaired) electrons. The lowest BCUT2D eigenvalue weighted by Gasteiger charge is -2.19. The maximum Gasteiger partial charge on any atom is 0.195 e. The number of likely N-dealkylation sites (tertiary alicyclic amines) is 1. The number of halogens is 2. The summed E-state index contributed by atoms with van der Waals surface area (Å²) in [5, 5.41) is 9.25. The topological polar surface area (TPSA) is 62.7 Å². The average Bonchev–Trinajstić information content (AvgIpc) is 3.15. The molecule has 1 aliphatic heterocycles. The molecule has 0 spiro atoms. The molecule has 2 aromatic rings. The molecule has 1 saturated carbocycles. The maximum atomic E-state index is 13.8. The van der Waals surface area contributed by atoms with Crippen molar-refractivity contribution in [2.75, 3.05) is 19.6 Å². The monoisotopic (exact) mass is 374 g/mol. The molecule has 1 aromatic heterocycles. The molecule has 4 rings (SSSR count). The molecule has 5 nitrogen and oxygen atoms in total. The van der Waals surface area contributed by atoms with Gasteiger partial charge in [-0.1, -0.05) is 0 Å². The number of fused-ring (bicyclic) bond motifs is 1. The van der Waals surface area contributed by atoms with E-state index >= 15 is 0 Å². The Hall–Kier alpha value is -2.54. The van der Waals surface area contributed by atoms with Gasteiger partial charge in [0, 0.05) is 19.2 Å². The van der Waals surface area contributed by atoms with Crippen molar-refractivity contribution in [3.8, 4) is 11.5 Å². The molecule has 27 heavy (non-hydrogen) atoms. The third-order valence-corrected chi connectivity index (χ3v) is 5.37. The standard InChI is InChI=1S/C20H20F2N2O3/c21-14-1-4-20(17(22)7-14)27-16-5-12-9-24(10-13(12)6-16)11-19(26)18-3-2-15(25)8-23-18/h1-4,7-8,12-13,16,25H,5-6,9-11H2/t12-,13+,16+. The molecule has 1 aromatic carbocycles. The van der Waals surface area contributed by atoms with Crippen molar-refractivity contribution < 1.29 is 23.4 Å². The van der Waals surface area contributed by atoms with Gasteiger partial charge in [-0.2, -0.15) is 0 Å². The number of ketones is 1. The van der Waals surface area contributed by atoms with E-state index in [1.54, 1.807) is 0 Å². The van der Waals surface area contributed by atoms with Gasteiger partial charge in [-0.15, -0.1) is 0 Å². The number of ether oxygens (including phenoxy) is 1. The number of carbonyl (C=O) groups is 1. The Morgan fingerprint density at radius 1 is 1.19 bits per heavy atom. The van der Waals surface area contributed by atoms with Crippen LogP contribution >= 0.6 is 0 Å². The Labute approximate surface area is 155 Å². The first-order chi connectivity index (χ1) is 13.0. The number of pyridine rings is 1. The second kappa shape index (κ2) is 7.23. The highest BCUT2D eigenvalue weighted by molar-refractivity contribution is 5.95. The van der Waals surface area contributed by atoms with Crippen LogP contribution in [-0.4, -0.2) is 46.5 Å². The van der Waals surface area contributed by atoms with Crippen molar-refractivity contribution in [2.45, 2.75) is 18.9 Å². The van der Waals surface area contributed by atoms with Crippen molar-refractivity contribution in [2.24, 2.45) is 11.8 Å². The first-order valence-corrected chi connectivity index (χ1v) is 9.00. The van der Waals surface area contributed by atoms with Crippen LogP contribution in [0.1, 0.15) is 23.3 Å². The summed E-state index contributed by atoms with van der Waals surface area (Å²) < 4.78 is 32.5. The number of aromatic hydroxyl groups is 1. The highest BCUT2D eigenvalue weighted by Crippen LogP contribution is 2.40. The molecule has 7 heteroatoms. The van der Waals surface area contributed by atoms with Crippen LogP contribution in [0, 0.1) is 23.5 Å². The lowest BCUT2D eigenvalue weighted by atomic mass is 10.0. The molecule has 1 aliphatic carbocycles. The van der Waals surface area contributed by atoms with Crippen molar-refractivity contribution in [1.29, 1.82) is 0 Å². The zero-order chi connectivity index (χ0) is 19.0. The van der Waals surface area contributed by atoms with E-state index in [2.05, 4.69) is 9.88 Å². The Kier molecular flexibility index (Phi) is 4.78. The first kappa shape index (κ1) is 17.9. The minimum absolute atomic E-state index is 0.0332. The van der Waals surface area contributed by atoms with Gasteiger partial charge in [0.2, 0.25) is 0 Å². The number of aromatic nitrogens is 1. The fraction of sp³-hybridized carbons (Fsp3) is 0.400. The predicted octanol–water partition coefficient (Wildman–Crippen LogP) is 3.04. The molecule has 0 bridgehead atoms. The van der Waals surface area contributed by atoms with Gasteiger partial charge in [0.15, 0.2) is 17.3 Å². The second-order valence-electron chi connectivity index (χ2n) is 7.33. The second-order valence-corrected chi connectivity index (χ2v) is 7.33. The van der Waals surface area contributed by atoms with E-state index in [4.69, 9.17) is 4.74 Å². The average molecular weight is 374 g/mol. The van der Waals surface area contributed by atoms with Gasteiger partial charge in [-0.25, -0.2) is 13.8 Å². The van der Waals surface area contributed by atoms with Gasteiger partial charge in [0.05, 0.1) is 18.8 Å². The molecular formula is C20H20F2N2O3. The molecule has 142 valence electrons. The van der Waals surface area contributed by atoms with Crippen LogP contribution in [0.25, 0.3) is 0 Å². The molecule has 1 N–H and O–H groups in total. The third-order valence-electron chi connectivity index (χ3n) is 5.37. The molecular weight excluding hydrogens is 354 g/mol. The smallest absolute Gasteiger partial charge is 0.195 e. The van der Waals surface area contributed by atoms with Gasteiger partial charge in [-0.3, -0.25) is 9.69 Å². The van der Waals surface area contributed by atoms with Crippen LogP contribution in [0.5, 0.6) is 11.5 Å². The molecule has 3 atom stereocenters. The summed E-state index contributed by atoms with van der Waals surface area (Å²) in [6, 6.07) is 6.33. The van der Waals surface area contributed by atoms with E-state index in [1.165, 1.54) is 30.5 Å². The zero-order valence-corrected chi connectivity index (χ0v) is 14.6. The fourth-order valence-electron chi connectivity index (χ4n) is 4.15. The largest absolute Gasteiger partial charge is 0.506 e. The lowest BCUT2D eigenvalue weighted by molar-refractivity contribution is 0.0931. The number of Topliss-reactive ketones (excluding diaryl/α,β-unsaturated/α-hetero) is 1. The predicted molar refractivity (Wildman–Crippen MR) is 93.7 cm³/mol. The molecule has 0 unspecified atom stereocenters. The normalized spacial score (nSPS) is 24.7. The Morgan fingerprint density at radius 3 is 2.56 bits per heavy atom. The summed E-state index contributed by atoms with van der Waals surface area (Å²) >= 11 is 0. The van der Waals surface area contributed by atoms with Gasteiger partial charge >= 0.3 is 0 Å². The molecule has 0 amide bonds.